The molecule has 0 bridgehead atoms. The maximum absolute atomic E-state index is 12.7. The zero-order valence-corrected chi connectivity index (χ0v) is 17.5. The van der Waals surface area contributed by atoms with Gasteiger partial charge in [-0.05, 0) is 30.3 Å². The number of hydrogen-bond donors (Lipinski definition) is 0. The number of nitrogens with zero attached hydrogens (tertiary/aromatic N) is 3. The van der Waals surface area contributed by atoms with Crippen LogP contribution in [0.1, 0.15) is 20.8 Å². The van der Waals surface area contributed by atoms with Gasteiger partial charge in [-0.15, -0.1) is 11.3 Å². The van der Waals surface area contributed by atoms with Crippen LogP contribution in [-0.2, 0) is 4.74 Å². The van der Waals surface area contributed by atoms with Gasteiger partial charge in [0.15, 0.2) is 12.3 Å². The molecule has 0 aliphatic carbocycles. The second kappa shape index (κ2) is 8.88. The molecule has 0 amide bonds. The smallest absolute Gasteiger partial charge is 0.359 e. The summed E-state index contributed by atoms with van der Waals surface area (Å²) in [6.45, 7) is -0.488. The number of aromatic nitrogens is 3. The van der Waals surface area contributed by atoms with Crippen molar-refractivity contribution >= 4 is 33.3 Å². The Morgan fingerprint density at radius 1 is 1.00 bits per heavy atom. The molecule has 8 nitrogen and oxygen atoms in total. The van der Waals surface area contributed by atoms with Crippen LogP contribution in [0.4, 0.5) is 0 Å². The van der Waals surface area contributed by atoms with E-state index in [0.29, 0.717) is 22.2 Å². The molecule has 4 aromatic rings. The number of Topliss-reactive ketones (excluding diaryl/α,β-unsaturated/α-hetero) is 1. The van der Waals surface area contributed by atoms with Crippen molar-refractivity contribution in [1.82, 2.24) is 15.0 Å². The lowest BCUT2D eigenvalue weighted by Gasteiger charge is -2.10. The average Bonchev–Trinajstić information content (AvgIpc) is 3.26. The number of para-hydroxylation sites is 1. The number of hydrogen-bond acceptors (Lipinski definition) is 9. The highest BCUT2D eigenvalue weighted by atomic mass is 32.1. The number of thiazole rings is 1. The first-order valence-electron chi connectivity index (χ1n) is 9.20. The second-order valence-electron chi connectivity index (χ2n) is 6.31. The molecule has 0 atom stereocenters. The molecular formula is C22H17N3O5S. The van der Waals surface area contributed by atoms with Crippen LogP contribution in [0.3, 0.4) is 0 Å². The number of ether oxygens (including phenoxy) is 3. The van der Waals surface area contributed by atoms with Crippen LogP contribution in [0.15, 0.2) is 54.9 Å². The minimum atomic E-state index is -0.766. The molecule has 0 aliphatic heterocycles. The fourth-order valence-corrected chi connectivity index (χ4v) is 3.89. The van der Waals surface area contributed by atoms with Crippen LogP contribution < -0.4 is 9.47 Å². The van der Waals surface area contributed by atoms with E-state index in [1.165, 1.54) is 44.0 Å². The van der Waals surface area contributed by atoms with Crippen LogP contribution in [0, 0.1) is 0 Å². The predicted molar refractivity (Wildman–Crippen MR) is 115 cm³/mol. The first kappa shape index (κ1) is 20.4. The van der Waals surface area contributed by atoms with Gasteiger partial charge in [-0.3, -0.25) is 4.79 Å². The Bertz CT molecular complexity index is 1240. The van der Waals surface area contributed by atoms with E-state index in [2.05, 4.69) is 15.0 Å². The third-order valence-corrected chi connectivity index (χ3v) is 5.47. The van der Waals surface area contributed by atoms with Gasteiger partial charge >= 0.3 is 5.97 Å². The van der Waals surface area contributed by atoms with Crippen LogP contribution in [0.2, 0.25) is 0 Å². The van der Waals surface area contributed by atoms with Crippen LogP contribution >= 0.6 is 11.3 Å². The van der Waals surface area contributed by atoms with Gasteiger partial charge in [0.1, 0.15) is 22.2 Å². The van der Waals surface area contributed by atoms with Gasteiger partial charge in [0, 0.05) is 12.4 Å². The molecular weight excluding hydrogens is 418 g/mol. The largest absolute Gasteiger partial charge is 0.497 e. The normalized spacial score (nSPS) is 10.6. The number of ketones is 1. The molecule has 2 heterocycles. The van der Waals surface area contributed by atoms with Gasteiger partial charge in [-0.25, -0.2) is 19.7 Å². The zero-order chi connectivity index (χ0) is 21.8. The zero-order valence-electron chi connectivity index (χ0n) is 16.7. The quantitative estimate of drug-likeness (QED) is 0.319. The highest BCUT2D eigenvalue weighted by Crippen LogP contribution is 2.30. The highest BCUT2D eigenvalue weighted by molar-refractivity contribution is 7.21. The SMILES string of the molecule is COc1ccc(OC)c(C(=O)COC(=O)c2nccnc2-c2nc3ccccc3s2)c1. The Kier molecular flexibility index (Phi) is 5.85. The highest BCUT2D eigenvalue weighted by Gasteiger charge is 2.22. The van der Waals surface area contributed by atoms with E-state index in [1.807, 2.05) is 24.3 Å². The van der Waals surface area contributed by atoms with Crippen LogP contribution in [-0.4, -0.2) is 47.5 Å². The Morgan fingerprint density at radius 3 is 2.58 bits per heavy atom. The number of carbonyl (C=O) groups excluding carboxylic acids is 2. The molecule has 31 heavy (non-hydrogen) atoms. The van der Waals surface area contributed by atoms with Crippen LogP contribution in [0.25, 0.3) is 20.9 Å². The van der Waals surface area contributed by atoms with Gasteiger partial charge in [0.2, 0.25) is 5.78 Å². The summed E-state index contributed by atoms with van der Waals surface area (Å²) in [5, 5.41) is 0.544. The Hall–Kier alpha value is -3.85. The van der Waals surface area contributed by atoms with Crippen molar-refractivity contribution in [2.45, 2.75) is 0 Å². The van der Waals surface area contributed by atoms with Crippen molar-refractivity contribution in [2.75, 3.05) is 20.8 Å². The summed E-state index contributed by atoms with van der Waals surface area (Å²) in [6, 6.07) is 12.4. The molecule has 2 aromatic carbocycles. The molecule has 0 fully saturated rings. The molecule has 0 N–H and O–H groups in total. The maximum atomic E-state index is 12.7. The van der Waals surface area contributed by atoms with E-state index in [0.717, 1.165) is 10.2 Å². The molecule has 0 saturated carbocycles. The van der Waals surface area contributed by atoms with Gasteiger partial charge in [-0.2, -0.15) is 0 Å². The van der Waals surface area contributed by atoms with E-state index in [-0.39, 0.29) is 11.3 Å². The number of benzene rings is 2. The number of esters is 1. The lowest BCUT2D eigenvalue weighted by Crippen LogP contribution is -2.17. The molecule has 0 aliphatic rings. The van der Waals surface area contributed by atoms with Crippen molar-refractivity contribution in [3.63, 3.8) is 0 Å². The molecule has 4 rings (SSSR count). The van der Waals surface area contributed by atoms with Crippen molar-refractivity contribution in [3.8, 4) is 22.2 Å². The minimum absolute atomic E-state index is 0.00744. The van der Waals surface area contributed by atoms with E-state index >= 15 is 0 Å². The first-order chi connectivity index (χ1) is 15.1. The van der Waals surface area contributed by atoms with Gasteiger partial charge in [-0.1, -0.05) is 12.1 Å². The van der Waals surface area contributed by atoms with E-state index in [9.17, 15) is 9.59 Å². The van der Waals surface area contributed by atoms with E-state index in [4.69, 9.17) is 14.2 Å². The van der Waals surface area contributed by atoms with E-state index < -0.39 is 18.4 Å². The van der Waals surface area contributed by atoms with Gasteiger partial charge in [0.05, 0.1) is 30.0 Å². The summed E-state index contributed by atoms with van der Waals surface area (Å²) >= 11 is 1.39. The monoisotopic (exact) mass is 435 g/mol. The predicted octanol–water partition coefficient (Wildman–Crippen LogP) is 3.81. The van der Waals surface area contributed by atoms with E-state index in [1.54, 1.807) is 12.1 Å². The summed E-state index contributed by atoms with van der Waals surface area (Å²) in [7, 11) is 2.95. The Balaban J connectivity index is 1.56. The fourth-order valence-electron chi connectivity index (χ4n) is 2.93. The molecule has 0 saturated heterocycles. The second-order valence-corrected chi connectivity index (χ2v) is 7.34. The van der Waals surface area contributed by atoms with Crippen molar-refractivity contribution in [3.05, 3.63) is 66.1 Å². The van der Waals surface area contributed by atoms with Gasteiger partial charge < -0.3 is 14.2 Å². The molecule has 9 heteroatoms. The van der Waals surface area contributed by atoms with Crippen molar-refractivity contribution in [1.29, 1.82) is 0 Å². The first-order valence-corrected chi connectivity index (χ1v) is 10.0. The topological polar surface area (TPSA) is 100 Å². The van der Waals surface area contributed by atoms with Crippen LogP contribution in [0.5, 0.6) is 11.5 Å². The summed E-state index contributed by atoms with van der Waals surface area (Å²) in [4.78, 5) is 38.2. The molecule has 156 valence electrons. The third-order valence-electron chi connectivity index (χ3n) is 4.43. The van der Waals surface area contributed by atoms with Gasteiger partial charge in [0.25, 0.3) is 0 Å². The number of carbonyl (C=O) groups is 2. The molecule has 0 radical (unpaired) electrons. The Morgan fingerprint density at radius 2 is 1.81 bits per heavy atom. The summed E-state index contributed by atoms with van der Waals surface area (Å²) in [5.74, 6) is -0.355. The van der Waals surface area contributed by atoms with Crippen molar-refractivity contribution in [2.24, 2.45) is 0 Å². The lowest BCUT2D eigenvalue weighted by atomic mass is 10.1. The third kappa shape index (κ3) is 4.22. The molecule has 0 spiro atoms. The standard InChI is InChI=1S/C22H17N3O5S/c1-28-13-7-8-17(29-2)14(11-13)16(26)12-30-22(27)20-19(23-9-10-24-20)21-25-15-5-3-4-6-18(15)31-21/h3-11H,12H2,1-2H3. The fraction of sp³-hybridized carbons (Fsp3) is 0.136. The molecule has 0 unspecified atom stereocenters. The minimum Gasteiger partial charge on any atom is -0.497 e. The van der Waals surface area contributed by atoms with Crippen molar-refractivity contribution < 1.29 is 23.8 Å². The number of rotatable bonds is 7. The maximum Gasteiger partial charge on any atom is 0.359 e. The number of methoxy groups -OCH3 is 2. The summed E-state index contributed by atoms with van der Waals surface area (Å²) < 4.78 is 16.6. The average molecular weight is 435 g/mol. The molecule has 2 aromatic heterocycles. The summed E-state index contributed by atoms with van der Waals surface area (Å²) in [6.07, 6.45) is 2.87. The number of fused-ring (bicyclic) bond motifs is 1. The summed E-state index contributed by atoms with van der Waals surface area (Å²) in [5.41, 5.74) is 1.35. The lowest BCUT2D eigenvalue weighted by molar-refractivity contribution is 0.0468. The Labute approximate surface area is 181 Å².